The first-order valence-corrected chi connectivity index (χ1v) is 6.25. The molecule has 0 atom stereocenters. The quantitative estimate of drug-likeness (QED) is 0.585. The number of hydrogen-bond donors (Lipinski definition) is 1. The van der Waals surface area contributed by atoms with Crippen molar-refractivity contribution < 1.29 is 19.0 Å². The van der Waals surface area contributed by atoms with E-state index in [2.05, 4.69) is 10.1 Å². The van der Waals surface area contributed by atoms with Gasteiger partial charge in [-0.3, -0.25) is 4.79 Å². The number of carbonyl (C=O) groups excluding carboxylic acids is 1. The second-order valence-corrected chi connectivity index (χ2v) is 4.04. The SMILES string of the molecule is COc1ccc(OCCOC(=O)Cn2cnc(N)n2)cc1. The summed E-state index contributed by atoms with van der Waals surface area (Å²) >= 11 is 0. The number of esters is 1. The van der Waals surface area contributed by atoms with E-state index in [-0.39, 0.29) is 25.7 Å². The van der Waals surface area contributed by atoms with Crippen molar-refractivity contribution in [3.05, 3.63) is 30.6 Å². The zero-order chi connectivity index (χ0) is 15.1. The standard InChI is InChI=1S/C13H16N4O4/c1-19-10-2-4-11(5-3-10)20-6-7-21-12(18)8-17-9-15-13(14)16-17/h2-5,9H,6-8H2,1H3,(H2,14,16). The van der Waals surface area contributed by atoms with E-state index in [9.17, 15) is 4.79 Å². The Morgan fingerprint density at radius 1 is 1.24 bits per heavy atom. The summed E-state index contributed by atoms with van der Waals surface area (Å²) in [4.78, 5) is 15.2. The summed E-state index contributed by atoms with van der Waals surface area (Å²) in [5.41, 5.74) is 5.34. The summed E-state index contributed by atoms with van der Waals surface area (Å²) in [6.45, 7) is 0.374. The fourth-order valence-corrected chi connectivity index (χ4v) is 1.55. The molecule has 0 fully saturated rings. The maximum Gasteiger partial charge on any atom is 0.327 e. The Bertz CT molecular complexity index is 582. The van der Waals surface area contributed by atoms with Crippen molar-refractivity contribution in [3.8, 4) is 11.5 Å². The minimum Gasteiger partial charge on any atom is -0.497 e. The number of nitrogens with zero attached hydrogens (tertiary/aromatic N) is 3. The topological polar surface area (TPSA) is 101 Å². The van der Waals surface area contributed by atoms with Crippen molar-refractivity contribution in [1.29, 1.82) is 0 Å². The normalized spacial score (nSPS) is 10.1. The van der Waals surface area contributed by atoms with Gasteiger partial charge >= 0.3 is 5.97 Å². The van der Waals surface area contributed by atoms with Crippen LogP contribution in [0.15, 0.2) is 30.6 Å². The Morgan fingerprint density at radius 2 is 1.95 bits per heavy atom. The van der Waals surface area contributed by atoms with Gasteiger partial charge in [-0.1, -0.05) is 0 Å². The lowest BCUT2D eigenvalue weighted by atomic mass is 10.3. The molecule has 1 aromatic heterocycles. The lowest BCUT2D eigenvalue weighted by Crippen LogP contribution is -2.17. The third kappa shape index (κ3) is 4.68. The highest BCUT2D eigenvalue weighted by Crippen LogP contribution is 2.16. The minimum atomic E-state index is -0.432. The molecule has 2 N–H and O–H groups in total. The molecule has 21 heavy (non-hydrogen) atoms. The van der Waals surface area contributed by atoms with E-state index in [1.165, 1.54) is 11.0 Å². The van der Waals surface area contributed by atoms with Crippen molar-refractivity contribution in [2.75, 3.05) is 26.1 Å². The van der Waals surface area contributed by atoms with Crippen LogP contribution in [0, 0.1) is 0 Å². The number of aromatic nitrogens is 3. The van der Waals surface area contributed by atoms with E-state index in [0.717, 1.165) is 5.75 Å². The highest BCUT2D eigenvalue weighted by atomic mass is 16.6. The number of anilines is 1. The molecule has 0 bridgehead atoms. The van der Waals surface area contributed by atoms with Crippen molar-refractivity contribution in [3.63, 3.8) is 0 Å². The van der Waals surface area contributed by atoms with Crippen LogP contribution in [-0.2, 0) is 16.1 Å². The van der Waals surface area contributed by atoms with Gasteiger partial charge in [0.15, 0.2) is 0 Å². The summed E-state index contributed by atoms with van der Waals surface area (Å²) in [6.07, 6.45) is 1.37. The van der Waals surface area contributed by atoms with Gasteiger partial charge < -0.3 is 19.9 Å². The maximum absolute atomic E-state index is 11.5. The highest BCUT2D eigenvalue weighted by molar-refractivity contribution is 5.69. The predicted molar refractivity (Wildman–Crippen MR) is 73.9 cm³/mol. The molecule has 2 rings (SSSR count). The summed E-state index contributed by atoms with van der Waals surface area (Å²) in [5, 5.41) is 3.78. The number of nitrogens with two attached hydrogens (primary N) is 1. The van der Waals surface area contributed by atoms with Crippen LogP contribution in [0.3, 0.4) is 0 Å². The Morgan fingerprint density at radius 3 is 2.57 bits per heavy atom. The molecule has 8 heteroatoms. The van der Waals surface area contributed by atoms with Gasteiger partial charge in [-0.15, -0.1) is 5.10 Å². The van der Waals surface area contributed by atoms with Crippen LogP contribution in [0.5, 0.6) is 11.5 Å². The van der Waals surface area contributed by atoms with Crippen LogP contribution >= 0.6 is 0 Å². The molecular formula is C13H16N4O4. The van der Waals surface area contributed by atoms with Crippen molar-refractivity contribution in [2.45, 2.75) is 6.54 Å². The number of benzene rings is 1. The average molecular weight is 292 g/mol. The summed E-state index contributed by atoms with van der Waals surface area (Å²) in [7, 11) is 1.60. The minimum absolute atomic E-state index is 0.0350. The number of ether oxygens (including phenoxy) is 3. The number of rotatable bonds is 7. The van der Waals surface area contributed by atoms with Crippen molar-refractivity contribution >= 4 is 11.9 Å². The van der Waals surface area contributed by atoms with Crippen LogP contribution in [0.1, 0.15) is 0 Å². The van der Waals surface area contributed by atoms with Gasteiger partial charge in [-0.25, -0.2) is 9.67 Å². The third-order valence-electron chi connectivity index (χ3n) is 2.52. The monoisotopic (exact) mass is 292 g/mol. The van der Waals surface area contributed by atoms with Crippen LogP contribution in [-0.4, -0.2) is 41.1 Å². The summed E-state index contributed by atoms with van der Waals surface area (Å²) < 4.78 is 16.8. The average Bonchev–Trinajstić information content (AvgIpc) is 2.89. The molecule has 1 aromatic carbocycles. The van der Waals surface area contributed by atoms with Crippen LogP contribution < -0.4 is 15.2 Å². The number of methoxy groups -OCH3 is 1. The van der Waals surface area contributed by atoms with E-state index in [4.69, 9.17) is 19.9 Å². The van der Waals surface area contributed by atoms with E-state index in [1.54, 1.807) is 31.4 Å². The molecule has 0 amide bonds. The number of nitrogen functional groups attached to an aromatic ring is 1. The number of hydrogen-bond acceptors (Lipinski definition) is 7. The molecule has 8 nitrogen and oxygen atoms in total. The van der Waals surface area contributed by atoms with E-state index in [1.807, 2.05) is 0 Å². The largest absolute Gasteiger partial charge is 0.497 e. The van der Waals surface area contributed by atoms with Gasteiger partial charge in [0.25, 0.3) is 0 Å². The molecule has 2 aromatic rings. The molecule has 1 heterocycles. The van der Waals surface area contributed by atoms with Crippen LogP contribution in [0.25, 0.3) is 0 Å². The zero-order valence-electron chi connectivity index (χ0n) is 11.6. The predicted octanol–water partition coefficient (Wildman–Crippen LogP) is 0.491. The van der Waals surface area contributed by atoms with Crippen molar-refractivity contribution in [2.24, 2.45) is 0 Å². The van der Waals surface area contributed by atoms with Crippen molar-refractivity contribution in [1.82, 2.24) is 14.8 Å². The summed E-state index contributed by atoms with van der Waals surface area (Å²) in [5.74, 6) is 1.11. The zero-order valence-corrected chi connectivity index (χ0v) is 11.6. The Balaban J connectivity index is 1.65. The molecule has 0 unspecified atom stereocenters. The summed E-state index contributed by atoms with van der Waals surface area (Å²) in [6, 6.07) is 7.13. The van der Waals surface area contributed by atoms with Crippen LogP contribution in [0.4, 0.5) is 5.95 Å². The number of carbonyl (C=O) groups is 1. The van der Waals surface area contributed by atoms with Gasteiger partial charge in [0.2, 0.25) is 5.95 Å². The van der Waals surface area contributed by atoms with Gasteiger partial charge in [-0.2, -0.15) is 0 Å². The molecule has 0 saturated heterocycles. The Kier molecular flexibility index (Phi) is 4.97. The fourth-order valence-electron chi connectivity index (χ4n) is 1.55. The second kappa shape index (κ2) is 7.13. The first-order chi connectivity index (χ1) is 10.2. The van der Waals surface area contributed by atoms with E-state index < -0.39 is 5.97 Å². The third-order valence-corrected chi connectivity index (χ3v) is 2.52. The Hall–Kier alpha value is -2.77. The lowest BCUT2D eigenvalue weighted by molar-refractivity contribution is -0.145. The lowest BCUT2D eigenvalue weighted by Gasteiger charge is -2.08. The van der Waals surface area contributed by atoms with E-state index in [0.29, 0.717) is 5.75 Å². The first kappa shape index (κ1) is 14.6. The van der Waals surface area contributed by atoms with Gasteiger partial charge in [-0.05, 0) is 24.3 Å². The van der Waals surface area contributed by atoms with Gasteiger partial charge in [0, 0.05) is 0 Å². The van der Waals surface area contributed by atoms with E-state index >= 15 is 0 Å². The fraction of sp³-hybridized carbons (Fsp3) is 0.308. The highest BCUT2D eigenvalue weighted by Gasteiger charge is 2.06. The smallest absolute Gasteiger partial charge is 0.327 e. The molecule has 0 radical (unpaired) electrons. The molecule has 112 valence electrons. The molecular weight excluding hydrogens is 276 g/mol. The van der Waals surface area contributed by atoms with Gasteiger partial charge in [0.05, 0.1) is 7.11 Å². The molecule has 0 aliphatic heterocycles. The molecule has 0 aliphatic carbocycles. The molecule has 0 saturated carbocycles. The first-order valence-electron chi connectivity index (χ1n) is 6.25. The molecule has 0 spiro atoms. The maximum atomic E-state index is 11.5. The van der Waals surface area contributed by atoms with Crippen LogP contribution in [0.2, 0.25) is 0 Å². The Labute approximate surface area is 121 Å². The second-order valence-electron chi connectivity index (χ2n) is 4.04. The molecule has 0 aliphatic rings. The van der Waals surface area contributed by atoms with Gasteiger partial charge in [0.1, 0.15) is 37.6 Å².